The van der Waals surface area contributed by atoms with Gasteiger partial charge in [0.15, 0.2) is 18.3 Å². The fourth-order valence-electron chi connectivity index (χ4n) is 3.03. The molecule has 2 heterocycles. The summed E-state index contributed by atoms with van der Waals surface area (Å²) < 4.78 is 15.8. The summed E-state index contributed by atoms with van der Waals surface area (Å²) in [7, 11) is 0. The molecule has 0 unspecified atom stereocenters. The Balaban J connectivity index is 1.49. The minimum absolute atomic E-state index is 0.0203. The van der Waals surface area contributed by atoms with Crippen LogP contribution < -0.4 is 5.32 Å². The van der Waals surface area contributed by atoms with Crippen LogP contribution in [-0.2, 0) is 25.5 Å². The molecular formula is C24H26N2O6S. The van der Waals surface area contributed by atoms with Crippen molar-refractivity contribution >= 4 is 34.2 Å². The maximum absolute atomic E-state index is 12.3. The Hall–Kier alpha value is -3.46. The van der Waals surface area contributed by atoms with Crippen LogP contribution in [0.2, 0.25) is 0 Å². The Bertz CT molecular complexity index is 1150. The Labute approximate surface area is 195 Å². The lowest BCUT2D eigenvalue weighted by molar-refractivity contribution is -0.147. The second-order valence-electron chi connectivity index (χ2n) is 7.40. The number of aromatic nitrogens is 1. The van der Waals surface area contributed by atoms with Gasteiger partial charge in [-0.3, -0.25) is 9.59 Å². The number of esters is 2. The number of oxazole rings is 1. The largest absolute Gasteiger partial charge is 0.462 e. The first kappa shape index (κ1) is 24.2. The van der Waals surface area contributed by atoms with E-state index in [1.54, 1.807) is 20.0 Å². The molecule has 0 radical (unpaired) electrons. The van der Waals surface area contributed by atoms with Gasteiger partial charge in [-0.25, -0.2) is 9.78 Å². The predicted octanol–water partition coefficient (Wildman–Crippen LogP) is 4.62. The van der Waals surface area contributed by atoms with Gasteiger partial charge in [0.05, 0.1) is 24.8 Å². The third-order valence-corrected chi connectivity index (χ3v) is 6.04. The van der Waals surface area contributed by atoms with Gasteiger partial charge in [0.2, 0.25) is 0 Å². The molecule has 0 bridgehead atoms. The van der Waals surface area contributed by atoms with Gasteiger partial charge in [-0.05, 0) is 33.3 Å². The number of anilines is 1. The first-order chi connectivity index (χ1) is 15.8. The average Bonchev–Trinajstić information content (AvgIpc) is 3.36. The topological polar surface area (TPSA) is 108 Å². The van der Waals surface area contributed by atoms with Gasteiger partial charge >= 0.3 is 11.9 Å². The van der Waals surface area contributed by atoms with Gasteiger partial charge < -0.3 is 19.2 Å². The lowest BCUT2D eigenvalue weighted by Gasteiger charge is -2.08. The first-order valence-electron chi connectivity index (χ1n) is 10.5. The van der Waals surface area contributed by atoms with E-state index in [0.717, 1.165) is 21.6 Å². The van der Waals surface area contributed by atoms with E-state index in [0.29, 0.717) is 22.2 Å². The van der Waals surface area contributed by atoms with Gasteiger partial charge in [-0.2, -0.15) is 0 Å². The monoisotopic (exact) mass is 470 g/mol. The molecule has 3 aromatic rings. The van der Waals surface area contributed by atoms with Crippen molar-refractivity contribution in [1.82, 2.24) is 4.98 Å². The van der Waals surface area contributed by atoms with E-state index in [-0.39, 0.29) is 19.4 Å². The summed E-state index contributed by atoms with van der Waals surface area (Å²) in [6, 6.07) is 7.84. The summed E-state index contributed by atoms with van der Waals surface area (Å²) >= 11 is 1.27. The van der Waals surface area contributed by atoms with E-state index >= 15 is 0 Å². The molecule has 174 valence electrons. The standard InChI is InChI=1S/C24H26N2O6S/c1-5-30-24(29)22-15(3)16(4)33-23(22)26-19(27)13-31-21(28)11-10-20-25-12-18(32-20)17-8-6-14(2)7-9-17/h6-9,12H,5,10-11,13H2,1-4H3,(H,26,27). The number of carbonyl (C=O) groups excluding carboxylic acids is 3. The van der Waals surface area contributed by atoms with Gasteiger partial charge in [-0.1, -0.05) is 29.8 Å². The summed E-state index contributed by atoms with van der Waals surface area (Å²) in [4.78, 5) is 41.6. The van der Waals surface area contributed by atoms with E-state index in [4.69, 9.17) is 13.9 Å². The molecule has 1 amide bonds. The highest BCUT2D eigenvalue weighted by Crippen LogP contribution is 2.33. The van der Waals surface area contributed by atoms with Crippen molar-refractivity contribution in [2.45, 2.75) is 40.5 Å². The van der Waals surface area contributed by atoms with Crippen LogP contribution in [0.15, 0.2) is 34.9 Å². The van der Waals surface area contributed by atoms with Crippen LogP contribution in [0.3, 0.4) is 0 Å². The number of benzene rings is 1. The molecule has 0 atom stereocenters. The number of nitrogens with zero attached hydrogens (tertiary/aromatic N) is 1. The molecule has 0 saturated heterocycles. The molecule has 33 heavy (non-hydrogen) atoms. The van der Waals surface area contributed by atoms with E-state index in [1.807, 2.05) is 38.1 Å². The summed E-state index contributed by atoms with van der Waals surface area (Å²) in [6.45, 7) is 7.13. The third kappa shape index (κ3) is 6.29. The summed E-state index contributed by atoms with van der Waals surface area (Å²) in [5.41, 5.74) is 3.13. The van der Waals surface area contributed by atoms with Gasteiger partial charge in [0, 0.05) is 16.9 Å². The number of aryl methyl sites for hydroxylation is 3. The molecule has 0 aliphatic rings. The number of nitrogens with one attached hydrogen (secondary N) is 1. The van der Waals surface area contributed by atoms with Crippen LogP contribution >= 0.6 is 11.3 Å². The van der Waals surface area contributed by atoms with E-state index in [1.165, 1.54) is 11.3 Å². The third-order valence-electron chi connectivity index (χ3n) is 4.91. The number of hydrogen-bond acceptors (Lipinski definition) is 8. The number of ether oxygens (including phenoxy) is 2. The number of carbonyl (C=O) groups is 3. The van der Waals surface area contributed by atoms with Crippen LogP contribution in [0.4, 0.5) is 5.00 Å². The SMILES string of the molecule is CCOC(=O)c1c(NC(=O)COC(=O)CCc2ncc(-c3ccc(C)cc3)o2)sc(C)c1C. The number of thiophene rings is 1. The normalized spacial score (nSPS) is 10.7. The van der Waals surface area contributed by atoms with Crippen molar-refractivity contribution in [3.05, 3.63) is 57.9 Å². The van der Waals surface area contributed by atoms with Crippen molar-refractivity contribution in [2.24, 2.45) is 0 Å². The lowest BCUT2D eigenvalue weighted by atomic mass is 10.1. The highest BCUT2D eigenvalue weighted by Gasteiger charge is 2.22. The van der Waals surface area contributed by atoms with Crippen LogP contribution in [0, 0.1) is 20.8 Å². The van der Waals surface area contributed by atoms with Crippen LogP contribution in [-0.4, -0.2) is 36.0 Å². The molecule has 0 saturated carbocycles. The van der Waals surface area contributed by atoms with Crippen molar-refractivity contribution in [3.8, 4) is 11.3 Å². The smallest absolute Gasteiger partial charge is 0.341 e. The van der Waals surface area contributed by atoms with E-state index < -0.39 is 24.5 Å². The quantitative estimate of drug-likeness (QED) is 0.455. The molecule has 9 heteroatoms. The first-order valence-corrected chi connectivity index (χ1v) is 11.3. The number of hydrogen-bond donors (Lipinski definition) is 1. The average molecular weight is 471 g/mol. The van der Waals surface area contributed by atoms with E-state index in [9.17, 15) is 14.4 Å². The zero-order chi connectivity index (χ0) is 24.0. The lowest BCUT2D eigenvalue weighted by Crippen LogP contribution is -2.22. The Kier molecular flexibility index (Phi) is 8.00. The van der Waals surface area contributed by atoms with Crippen LogP contribution in [0.25, 0.3) is 11.3 Å². The predicted molar refractivity (Wildman–Crippen MR) is 124 cm³/mol. The van der Waals surface area contributed by atoms with Gasteiger partial charge in [0.1, 0.15) is 5.00 Å². The van der Waals surface area contributed by atoms with Crippen molar-refractivity contribution in [1.29, 1.82) is 0 Å². The molecule has 1 aromatic carbocycles. The second-order valence-corrected chi connectivity index (χ2v) is 8.63. The van der Waals surface area contributed by atoms with Crippen molar-refractivity contribution < 1.29 is 28.3 Å². The van der Waals surface area contributed by atoms with Crippen molar-refractivity contribution in [2.75, 3.05) is 18.5 Å². The molecule has 0 aliphatic heterocycles. The second kappa shape index (κ2) is 10.9. The highest BCUT2D eigenvalue weighted by molar-refractivity contribution is 7.16. The molecule has 1 N–H and O–H groups in total. The summed E-state index contributed by atoms with van der Waals surface area (Å²) in [5, 5.41) is 3.02. The molecular weight excluding hydrogens is 444 g/mol. The summed E-state index contributed by atoms with van der Waals surface area (Å²) in [6.07, 6.45) is 1.89. The van der Waals surface area contributed by atoms with E-state index in [2.05, 4.69) is 10.3 Å². The van der Waals surface area contributed by atoms with Crippen LogP contribution in [0.1, 0.15) is 45.6 Å². The molecule has 0 fully saturated rings. The minimum atomic E-state index is -0.551. The minimum Gasteiger partial charge on any atom is -0.462 e. The van der Waals surface area contributed by atoms with Crippen LogP contribution in [0.5, 0.6) is 0 Å². The molecule has 8 nitrogen and oxygen atoms in total. The molecule has 0 spiro atoms. The zero-order valence-electron chi connectivity index (χ0n) is 19.0. The Morgan fingerprint density at radius 1 is 1.09 bits per heavy atom. The maximum Gasteiger partial charge on any atom is 0.341 e. The van der Waals surface area contributed by atoms with Gasteiger partial charge in [-0.15, -0.1) is 11.3 Å². The Morgan fingerprint density at radius 2 is 1.82 bits per heavy atom. The fraction of sp³-hybridized carbons (Fsp3) is 0.333. The number of rotatable bonds is 9. The summed E-state index contributed by atoms with van der Waals surface area (Å²) in [5.74, 6) is -0.549. The highest BCUT2D eigenvalue weighted by atomic mass is 32.1. The molecule has 3 rings (SSSR count). The fourth-order valence-corrected chi connectivity index (χ4v) is 4.10. The molecule has 0 aliphatic carbocycles. The maximum atomic E-state index is 12.3. The molecule has 2 aromatic heterocycles. The van der Waals surface area contributed by atoms with Crippen molar-refractivity contribution in [3.63, 3.8) is 0 Å². The Morgan fingerprint density at radius 3 is 2.52 bits per heavy atom. The number of amides is 1. The zero-order valence-corrected chi connectivity index (χ0v) is 19.8. The van der Waals surface area contributed by atoms with Gasteiger partial charge in [0.25, 0.3) is 5.91 Å².